The average Bonchev–Trinajstić information content (AvgIpc) is 2.99. The number of imide groups is 1. The van der Waals surface area contributed by atoms with Crippen molar-refractivity contribution in [1.29, 1.82) is 0 Å². The normalized spacial score (nSPS) is 13.8. The summed E-state index contributed by atoms with van der Waals surface area (Å²) in [5.41, 5.74) is 1.57. The third-order valence-electron chi connectivity index (χ3n) is 4.64. The van der Waals surface area contributed by atoms with Gasteiger partial charge in [-0.3, -0.25) is 9.59 Å². The first kappa shape index (κ1) is 19.7. The van der Waals surface area contributed by atoms with E-state index in [9.17, 15) is 14.0 Å². The average molecular weight is 423 g/mol. The standard InChI is InChI=1S/C23H16ClFN2O3/c1-30-19-12-7-15(24)13-18(19)27-22(28)20(14-5-3-2-4-6-14)21(23(27)29)26-17-10-8-16(25)9-11-17/h2-13,26H,1H3. The molecule has 1 aliphatic heterocycles. The summed E-state index contributed by atoms with van der Waals surface area (Å²) in [5, 5.41) is 3.33. The van der Waals surface area contributed by atoms with E-state index in [-0.39, 0.29) is 17.0 Å². The highest BCUT2D eigenvalue weighted by Crippen LogP contribution is 2.39. The minimum absolute atomic E-state index is 0.0832. The van der Waals surface area contributed by atoms with Crippen LogP contribution in [0.25, 0.3) is 5.57 Å². The van der Waals surface area contributed by atoms with Crippen molar-refractivity contribution in [2.45, 2.75) is 0 Å². The molecule has 0 unspecified atom stereocenters. The van der Waals surface area contributed by atoms with E-state index < -0.39 is 17.6 Å². The Kier molecular flexibility index (Phi) is 5.25. The maximum absolute atomic E-state index is 13.4. The maximum atomic E-state index is 13.4. The molecule has 2 amide bonds. The van der Waals surface area contributed by atoms with Crippen LogP contribution < -0.4 is 15.0 Å². The Morgan fingerprint density at radius 3 is 2.30 bits per heavy atom. The van der Waals surface area contributed by atoms with Gasteiger partial charge < -0.3 is 10.1 Å². The van der Waals surface area contributed by atoms with Gasteiger partial charge in [-0.25, -0.2) is 9.29 Å². The lowest BCUT2D eigenvalue weighted by Crippen LogP contribution is -2.32. The van der Waals surface area contributed by atoms with Gasteiger partial charge in [0.15, 0.2) is 0 Å². The summed E-state index contributed by atoms with van der Waals surface area (Å²) < 4.78 is 18.6. The van der Waals surface area contributed by atoms with Crippen molar-refractivity contribution >= 4 is 40.4 Å². The van der Waals surface area contributed by atoms with Crippen LogP contribution in [-0.2, 0) is 9.59 Å². The number of ether oxygens (including phenoxy) is 1. The zero-order chi connectivity index (χ0) is 21.3. The van der Waals surface area contributed by atoms with Gasteiger partial charge in [-0.2, -0.15) is 0 Å². The summed E-state index contributed by atoms with van der Waals surface area (Å²) in [7, 11) is 1.45. The van der Waals surface area contributed by atoms with Crippen molar-refractivity contribution in [3.63, 3.8) is 0 Å². The van der Waals surface area contributed by atoms with Crippen LogP contribution >= 0.6 is 11.6 Å². The SMILES string of the molecule is COc1ccc(Cl)cc1N1C(=O)C(Nc2ccc(F)cc2)=C(c2ccccc2)C1=O. The van der Waals surface area contributed by atoms with Gasteiger partial charge in [0.2, 0.25) is 0 Å². The quantitative estimate of drug-likeness (QED) is 0.595. The first-order valence-corrected chi connectivity index (χ1v) is 9.42. The van der Waals surface area contributed by atoms with Crippen molar-refractivity contribution in [1.82, 2.24) is 0 Å². The Hall–Kier alpha value is -3.64. The van der Waals surface area contributed by atoms with E-state index in [1.807, 2.05) is 6.07 Å². The van der Waals surface area contributed by atoms with Crippen LogP contribution in [0.2, 0.25) is 5.02 Å². The van der Waals surface area contributed by atoms with Gasteiger partial charge in [0.25, 0.3) is 11.8 Å². The van der Waals surface area contributed by atoms with Crippen LogP contribution in [-0.4, -0.2) is 18.9 Å². The number of methoxy groups -OCH3 is 1. The molecule has 5 nitrogen and oxygen atoms in total. The molecule has 0 saturated heterocycles. The first-order valence-electron chi connectivity index (χ1n) is 9.04. The topological polar surface area (TPSA) is 58.6 Å². The minimum atomic E-state index is -0.566. The molecule has 0 atom stereocenters. The maximum Gasteiger partial charge on any atom is 0.282 e. The van der Waals surface area contributed by atoms with Gasteiger partial charge >= 0.3 is 0 Å². The molecular weight excluding hydrogens is 407 g/mol. The summed E-state index contributed by atoms with van der Waals surface area (Å²) in [4.78, 5) is 27.8. The number of hydrogen-bond donors (Lipinski definition) is 1. The third-order valence-corrected chi connectivity index (χ3v) is 4.88. The fourth-order valence-electron chi connectivity index (χ4n) is 3.25. The second-order valence-electron chi connectivity index (χ2n) is 6.51. The van der Waals surface area contributed by atoms with E-state index in [2.05, 4.69) is 5.32 Å². The largest absolute Gasteiger partial charge is 0.495 e. The molecule has 0 saturated carbocycles. The second kappa shape index (κ2) is 8.00. The van der Waals surface area contributed by atoms with E-state index in [0.29, 0.717) is 22.0 Å². The molecule has 0 aromatic heterocycles. The number of benzene rings is 3. The lowest BCUT2D eigenvalue weighted by molar-refractivity contribution is -0.120. The van der Waals surface area contributed by atoms with E-state index in [1.165, 1.54) is 37.4 Å². The van der Waals surface area contributed by atoms with E-state index in [4.69, 9.17) is 16.3 Å². The second-order valence-corrected chi connectivity index (χ2v) is 6.95. The summed E-state index contributed by atoms with van der Waals surface area (Å²) in [5.74, 6) is -1.16. The molecule has 4 rings (SSSR count). The highest BCUT2D eigenvalue weighted by Gasteiger charge is 2.41. The van der Waals surface area contributed by atoms with Crippen LogP contribution in [0.5, 0.6) is 5.75 Å². The van der Waals surface area contributed by atoms with Gasteiger partial charge in [-0.15, -0.1) is 0 Å². The predicted molar refractivity (Wildman–Crippen MR) is 114 cm³/mol. The third kappa shape index (κ3) is 3.53. The van der Waals surface area contributed by atoms with Gasteiger partial charge in [0, 0.05) is 10.7 Å². The molecular formula is C23H16ClFN2O3. The molecule has 1 heterocycles. The number of nitrogens with one attached hydrogen (secondary N) is 1. The van der Waals surface area contributed by atoms with Crippen LogP contribution in [0.15, 0.2) is 78.5 Å². The number of halogens is 2. The number of anilines is 2. The number of nitrogens with zero attached hydrogens (tertiary/aromatic N) is 1. The van der Waals surface area contributed by atoms with Crippen LogP contribution in [0, 0.1) is 5.82 Å². The van der Waals surface area contributed by atoms with Gasteiger partial charge in [0.05, 0.1) is 18.4 Å². The number of carbonyl (C=O) groups excluding carboxylic acids is 2. The lowest BCUT2D eigenvalue weighted by atomic mass is 10.0. The van der Waals surface area contributed by atoms with Gasteiger partial charge in [0.1, 0.15) is 17.3 Å². The van der Waals surface area contributed by atoms with Crippen molar-refractivity contribution < 1.29 is 18.7 Å². The smallest absolute Gasteiger partial charge is 0.282 e. The fourth-order valence-corrected chi connectivity index (χ4v) is 3.42. The highest BCUT2D eigenvalue weighted by molar-refractivity contribution is 6.46. The molecule has 7 heteroatoms. The number of carbonyl (C=O) groups is 2. The minimum Gasteiger partial charge on any atom is -0.495 e. The van der Waals surface area contributed by atoms with Crippen LogP contribution in [0.4, 0.5) is 15.8 Å². The summed E-state index contributed by atoms with van der Waals surface area (Å²) in [6.07, 6.45) is 0. The molecule has 1 aliphatic rings. The first-order chi connectivity index (χ1) is 14.5. The molecule has 3 aromatic carbocycles. The summed E-state index contributed by atoms with van der Waals surface area (Å²) in [6, 6.07) is 19.1. The monoisotopic (exact) mass is 422 g/mol. The Morgan fingerprint density at radius 2 is 1.63 bits per heavy atom. The molecule has 0 aliphatic carbocycles. The van der Waals surface area contributed by atoms with Gasteiger partial charge in [-0.05, 0) is 48.0 Å². The Bertz CT molecular complexity index is 1160. The summed E-state index contributed by atoms with van der Waals surface area (Å²) in [6.45, 7) is 0. The molecule has 0 radical (unpaired) electrons. The lowest BCUT2D eigenvalue weighted by Gasteiger charge is -2.18. The predicted octanol–water partition coefficient (Wildman–Crippen LogP) is 4.88. The molecule has 30 heavy (non-hydrogen) atoms. The Balaban J connectivity index is 1.84. The van der Waals surface area contributed by atoms with Crippen molar-refractivity contribution in [3.05, 3.63) is 94.9 Å². The molecule has 0 spiro atoms. The molecule has 150 valence electrons. The van der Waals surface area contributed by atoms with E-state index in [0.717, 1.165) is 4.90 Å². The number of rotatable bonds is 5. The zero-order valence-electron chi connectivity index (χ0n) is 15.9. The van der Waals surface area contributed by atoms with E-state index in [1.54, 1.807) is 36.4 Å². The van der Waals surface area contributed by atoms with Crippen molar-refractivity contribution in [2.75, 3.05) is 17.3 Å². The van der Waals surface area contributed by atoms with E-state index >= 15 is 0 Å². The molecule has 0 bridgehead atoms. The van der Waals surface area contributed by atoms with Crippen molar-refractivity contribution in [2.24, 2.45) is 0 Å². The van der Waals surface area contributed by atoms with Crippen LogP contribution in [0.3, 0.4) is 0 Å². The number of amides is 2. The fraction of sp³-hybridized carbons (Fsp3) is 0.0435. The highest BCUT2D eigenvalue weighted by atomic mass is 35.5. The van der Waals surface area contributed by atoms with Gasteiger partial charge in [-0.1, -0.05) is 41.9 Å². The Labute approximate surface area is 177 Å². The summed E-state index contributed by atoms with van der Waals surface area (Å²) >= 11 is 6.11. The zero-order valence-corrected chi connectivity index (χ0v) is 16.6. The van der Waals surface area contributed by atoms with Crippen molar-refractivity contribution in [3.8, 4) is 5.75 Å². The Morgan fingerprint density at radius 1 is 0.933 bits per heavy atom. The number of hydrogen-bond acceptors (Lipinski definition) is 4. The molecule has 0 fully saturated rings. The molecule has 1 N–H and O–H groups in total. The molecule has 3 aromatic rings. The van der Waals surface area contributed by atoms with Crippen LogP contribution in [0.1, 0.15) is 5.56 Å².